The molecule has 2 aliphatic heterocycles. The summed E-state index contributed by atoms with van der Waals surface area (Å²) in [6.45, 7) is 1.46. The first-order chi connectivity index (χ1) is 25.4. The van der Waals surface area contributed by atoms with Gasteiger partial charge in [-0.3, -0.25) is 19.4 Å². The van der Waals surface area contributed by atoms with E-state index in [-0.39, 0.29) is 82.7 Å². The van der Waals surface area contributed by atoms with Crippen LogP contribution in [0.1, 0.15) is 84.8 Å². The maximum atomic E-state index is 15.0. The highest BCUT2D eigenvalue weighted by Gasteiger charge is 2.56. The topological polar surface area (TPSA) is 135 Å². The van der Waals surface area contributed by atoms with Crippen molar-refractivity contribution in [2.45, 2.75) is 87.8 Å². The molecule has 2 fully saturated rings. The van der Waals surface area contributed by atoms with Crippen LogP contribution in [0.3, 0.4) is 0 Å². The Balaban J connectivity index is 1.49. The van der Waals surface area contributed by atoms with Gasteiger partial charge in [0.25, 0.3) is 11.8 Å². The van der Waals surface area contributed by atoms with Crippen molar-refractivity contribution in [2.24, 2.45) is 5.73 Å². The maximum Gasteiger partial charge on any atom is 0.425 e. The number of aromatic nitrogens is 1. The van der Waals surface area contributed by atoms with Crippen molar-refractivity contribution >= 4 is 29.1 Å². The minimum atomic E-state index is -4.93. The number of alkyl halides is 6. The summed E-state index contributed by atoms with van der Waals surface area (Å²) in [7, 11) is 0. The van der Waals surface area contributed by atoms with E-state index < -0.39 is 69.3 Å². The molecule has 2 amide bonds. The molecule has 294 valence electrons. The molecule has 0 bridgehead atoms. The lowest BCUT2D eigenvalue weighted by Crippen LogP contribution is -2.69. The van der Waals surface area contributed by atoms with Crippen LogP contribution in [-0.2, 0) is 27.5 Å². The van der Waals surface area contributed by atoms with Crippen LogP contribution in [0.15, 0.2) is 48.0 Å². The van der Waals surface area contributed by atoms with Crippen LogP contribution >= 0.6 is 11.3 Å². The monoisotopic (exact) mass is 788 g/mol. The number of thiophene rings is 1. The lowest BCUT2D eigenvalue weighted by Gasteiger charge is -2.51. The van der Waals surface area contributed by atoms with E-state index in [9.17, 15) is 40.7 Å². The number of nitrogens with two attached hydrogens (primary N) is 1. The van der Waals surface area contributed by atoms with Crippen molar-refractivity contribution in [1.82, 2.24) is 14.8 Å². The van der Waals surface area contributed by atoms with Crippen molar-refractivity contribution in [1.29, 1.82) is 0 Å². The lowest BCUT2D eigenvalue weighted by molar-refractivity contribution is -0.161. The van der Waals surface area contributed by atoms with Crippen molar-refractivity contribution in [3.63, 3.8) is 0 Å². The normalized spacial score (nSPS) is 20.4. The minimum absolute atomic E-state index is 0.0435. The SMILES string of the molecule is CCC[C@H]1N(C(=O)c2ncccc2C(F)(F)F)CCC[C@@]1(Oc1csc(C(F)(F)F)c1)C(=O)N1CCC(N)(c2cccc(F)c2OCCCC(=O)O)CC1. The smallest absolute Gasteiger partial charge is 0.425 e. The fourth-order valence-electron chi connectivity index (χ4n) is 7.17. The van der Waals surface area contributed by atoms with Crippen LogP contribution in [0.5, 0.6) is 11.5 Å². The minimum Gasteiger partial charge on any atom is -0.490 e. The van der Waals surface area contributed by atoms with Gasteiger partial charge in [0.15, 0.2) is 11.6 Å². The van der Waals surface area contributed by atoms with Gasteiger partial charge in [0.1, 0.15) is 16.3 Å². The molecule has 0 unspecified atom stereocenters. The highest BCUT2D eigenvalue weighted by Crippen LogP contribution is 2.44. The highest BCUT2D eigenvalue weighted by atomic mass is 32.1. The number of carboxylic acid groups (broad SMARTS) is 1. The van der Waals surface area contributed by atoms with Crippen molar-refractivity contribution < 1.29 is 59.7 Å². The fraction of sp³-hybridized carbons (Fsp3) is 0.500. The number of ether oxygens (including phenoxy) is 2. The second-order valence-corrected chi connectivity index (χ2v) is 14.3. The van der Waals surface area contributed by atoms with Crippen molar-refractivity contribution in [2.75, 3.05) is 26.2 Å². The molecule has 54 heavy (non-hydrogen) atoms. The van der Waals surface area contributed by atoms with Crippen LogP contribution in [0.4, 0.5) is 30.7 Å². The molecular weight excluding hydrogens is 749 g/mol. The number of likely N-dealkylation sites (tertiary alicyclic amines) is 2. The molecule has 5 rings (SSSR count). The summed E-state index contributed by atoms with van der Waals surface area (Å²) in [4.78, 5) is 45.1. The maximum absolute atomic E-state index is 15.0. The van der Waals surface area contributed by atoms with Gasteiger partial charge in [-0.15, -0.1) is 11.3 Å². The average molecular weight is 789 g/mol. The van der Waals surface area contributed by atoms with Gasteiger partial charge in [-0.2, -0.15) is 26.3 Å². The number of benzene rings is 1. The van der Waals surface area contributed by atoms with E-state index in [0.29, 0.717) is 23.3 Å². The van der Waals surface area contributed by atoms with E-state index in [1.165, 1.54) is 17.0 Å². The standard InChI is InChI=1S/C36H39F7N4O6S/c1-2-7-26-34(53-22-20-27(54-21-22)36(41,42)43,12-6-16-47(26)31(50)29-23(35(38,39)40)9-4-15-45-29)32(51)46-17-13-33(44,14-18-46)24-8-3-10-25(37)30(24)52-19-5-11-28(48)49/h3-4,8-10,15,20-21,26H,2,5-7,11-14,16-19,44H2,1H3,(H,48,49)/t26-,34+/m1/s1. The molecule has 2 saturated heterocycles. The van der Waals surface area contributed by atoms with Gasteiger partial charge < -0.3 is 30.1 Å². The van der Waals surface area contributed by atoms with Crippen LogP contribution in [0.25, 0.3) is 0 Å². The number of carboxylic acids is 1. The summed E-state index contributed by atoms with van der Waals surface area (Å²) in [6.07, 6.45) is -8.24. The van der Waals surface area contributed by atoms with Gasteiger partial charge >= 0.3 is 18.3 Å². The molecule has 0 radical (unpaired) electrons. The highest BCUT2D eigenvalue weighted by molar-refractivity contribution is 7.10. The Morgan fingerprint density at radius 3 is 2.39 bits per heavy atom. The quantitative estimate of drug-likeness (QED) is 0.145. The molecule has 3 aromatic rings. The predicted molar refractivity (Wildman–Crippen MR) is 181 cm³/mol. The number of hydrogen-bond donors (Lipinski definition) is 2. The summed E-state index contributed by atoms with van der Waals surface area (Å²) >= 11 is 0.344. The number of halogens is 7. The van der Waals surface area contributed by atoms with Gasteiger partial charge in [-0.05, 0) is 50.3 Å². The molecule has 2 atom stereocenters. The zero-order valence-electron chi connectivity index (χ0n) is 29.1. The molecular formula is C36H39F7N4O6S. The van der Waals surface area contributed by atoms with Crippen LogP contribution in [0.2, 0.25) is 0 Å². The van der Waals surface area contributed by atoms with Gasteiger partial charge in [-0.1, -0.05) is 25.5 Å². The lowest BCUT2D eigenvalue weighted by atomic mass is 9.77. The molecule has 2 aliphatic rings. The summed E-state index contributed by atoms with van der Waals surface area (Å²) in [5, 5.41) is 10.0. The number of para-hydroxylation sites is 1. The number of rotatable bonds is 12. The summed E-state index contributed by atoms with van der Waals surface area (Å²) in [5.74, 6) is -4.01. The molecule has 0 aliphatic carbocycles. The van der Waals surface area contributed by atoms with Gasteiger partial charge in [0.2, 0.25) is 5.60 Å². The van der Waals surface area contributed by atoms with Gasteiger partial charge in [-0.25, -0.2) is 4.39 Å². The second-order valence-electron chi connectivity index (χ2n) is 13.4. The Morgan fingerprint density at radius 2 is 1.76 bits per heavy atom. The fourth-order valence-corrected chi connectivity index (χ4v) is 7.84. The Bertz CT molecular complexity index is 1830. The van der Waals surface area contributed by atoms with Crippen LogP contribution in [-0.4, -0.2) is 75.6 Å². The van der Waals surface area contributed by atoms with Gasteiger partial charge in [0, 0.05) is 61.2 Å². The van der Waals surface area contributed by atoms with E-state index in [2.05, 4.69) is 4.98 Å². The summed E-state index contributed by atoms with van der Waals surface area (Å²) in [5.41, 5.74) is 1.71. The molecule has 0 spiro atoms. The predicted octanol–water partition coefficient (Wildman–Crippen LogP) is 7.26. The Morgan fingerprint density at radius 1 is 1.04 bits per heavy atom. The number of carbonyl (C=O) groups excluding carboxylic acids is 2. The summed E-state index contributed by atoms with van der Waals surface area (Å²) < 4.78 is 110. The number of amides is 2. The third-order valence-electron chi connectivity index (χ3n) is 9.74. The van der Waals surface area contributed by atoms with Crippen molar-refractivity contribution in [3.05, 3.63) is 75.5 Å². The molecule has 2 aromatic heterocycles. The Labute approximate surface area is 310 Å². The third-order valence-corrected chi connectivity index (χ3v) is 10.7. The summed E-state index contributed by atoms with van der Waals surface area (Å²) in [6, 6.07) is 5.46. The molecule has 1 aromatic carbocycles. The zero-order valence-corrected chi connectivity index (χ0v) is 30.0. The number of piperidine rings is 2. The van der Waals surface area contributed by atoms with Crippen LogP contribution in [0, 0.1) is 5.82 Å². The van der Waals surface area contributed by atoms with Crippen LogP contribution < -0.4 is 15.2 Å². The Hall–Kier alpha value is -4.45. The number of nitrogens with zero attached hydrogens (tertiary/aromatic N) is 3. The number of pyridine rings is 1. The molecule has 0 saturated carbocycles. The van der Waals surface area contributed by atoms with Gasteiger partial charge in [0.05, 0.1) is 18.2 Å². The first-order valence-corrected chi connectivity index (χ1v) is 18.2. The van der Waals surface area contributed by atoms with E-state index in [1.807, 2.05) is 0 Å². The van der Waals surface area contributed by atoms with E-state index >= 15 is 4.39 Å². The first kappa shape index (κ1) is 40.7. The molecule has 10 nitrogen and oxygen atoms in total. The van der Waals surface area contributed by atoms with E-state index in [0.717, 1.165) is 34.7 Å². The number of aliphatic carboxylic acids is 1. The van der Waals surface area contributed by atoms with E-state index in [4.69, 9.17) is 20.3 Å². The number of carbonyl (C=O) groups is 3. The molecule has 3 N–H and O–H groups in total. The van der Waals surface area contributed by atoms with Crippen molar-refractivity contribution in [3.8, 4) is 11.5 Å². The van der Waals surface area contributed by atoms with E-state index in [1.54, 1.807) is 13.0 Å². The Kier molecular flexibility index (Phi) is 12.1. The largest absolute Gasteiger partial charge is 0.490 e. The molecule has 4 heterocycles. The first-order valence-electron chi connectivity index (χ1n) is 17.3. The molecule has 18 heteroatoms. The average Bonchev–Trinajstić information content (AvgIpc) is 3.60. The number of hydrogen-bond acceptors (Lipinski definition) is 8. The third kappa shape index (κ3) is 8.59. The zero-order chi connectivity index (χ0) is 39.5. The second kappa shape index (κ2) is 16.1.